The van der Waals surface area contributed by atoms with Crippen LogP contribution in [0.15, 0.2) is 12.7 Å². The van der Waals surface area contributed by atoms with Gasteiger partial charge in [0.25, 0.3) is 0 Å². The molecule has 3 N–H and O–H groups in total. The summed E-state index contributed by atoms with van der Waals surface area (Å²) in [5, 5.41) is 9.39. The van der Waals surface area contributed by atoms with Gasteiger partial charge in [0.05, 0.1) is 31.6 Å². The van der Waals surface area contributed by atoms with Gasteiger partial charge in [-0.05, 0) is 0 Å². The van der Waals surface area contributed by atoms with Crippen molar-refractivity contribution in [3.8, 4) is 0 Å². The van der Waals surface area contributed by atoms with Gasteiger partial charge in [0, 0.05) is 6.54 Å². The first-order chi connectivity index (χ1) is 8.24. The van der Waals surface area contributed by atoms with E-state index in [1.165, 1.54) is 6.33 Å². The predicted molar refractivity (Wildman–Crippen MR) is 60.1 cm³/mol. The fraction of sp³-hybridized carbons (Fsp3) is 0.500. The summed E-state index contributed by atoms with van der Waals surface area (Å²) in [5.41, 5.74) is 6.79. The zero-order valence-electron chi connectivity index (χ0n) is 9.20. The van der Waals surface area contributed by atoms with Gasteiger partial charge < -0.3 is 20.1 Å². The summed E-state index contributed by atoms with van der Waals surface area (Å²) in [6, 6.07) is 0. The minimum Gasteiger partial charge on any atom is -0.396 e. The highest BCUT2D eigenvalue weighted by Gasteiger charge is 2.38. The van der Waals surface area contributed by atoms with Gasteiger partial charge in [0.2, 0.25) is 0 Å². The molecule has 90 valence electrons. The van der Waals surface area contributed by atoms with E-state index < -0.39 is 0 Å². The molecule has 0 unspecified atom stereocenters. The van der Waals surface area contributed by atoms with Crippen LogP contribution < -0.4 is 5.73 Å². The van der Waals surface area contributed by atoms with Crippen LogP contribution in [0.25, 0.3) is 11.2 Å². The van der Waals surface area contributed by atoms with E-state index in [1.807, 2.05) is 4.57 Å². The van der Waals surface area contributed by atoms with E-state index in [4.69, 9.17) is 10.5 Å². The number of imidazole rings is 1. The average Bonchev–Trinajstić information content (AvgIpc) is 2.68. The molecule has 17 heavy (non-hydrogen) atoms. The lowest BCUT2D eigenvalue weighted by molar-refractivity contribution is -0.144. The second-order valence-corrected chi connectivity index (χ2v) is 4.45. The van der Waals surface area contributed by atoms with Gasteiger partial charge in [0.15, 0.2) is 11.5 Å². The van der Waals surface area contributed by atoms with Crippen LogP contribution in [0.4, 0.5) is 5.82 Å². The quantitative estimate of drug-likeness (QED) is 0.738. The van der Waals surface area contributed by atoms with Crippen molar-refractivity contribution >= 4 is 17.0 Å². The minimum atomic E-state index is -0.215. The van der Waals surface area contributed by atoms with E-state index in [1.54, 1.807) is 6.33 Å². The highest BCUT2D eigenvalue weighted by atomic mass is 16.5. The molecule has 1 aliphatic heterocycles. The molecule has 0 aromatic carbocycles. The van der Waals surface area contributed by atoms with Crippen molar-refractivity contribution in [3.05, 3.63) is 12.7 Å². The number of aliphatic hydroxyl groups excluding tert-OH is 1. The SMILES string of the molecule is Nc1ncnc2c1ncn2CC1(CO)COC1. The number of ether oxygens (including phenoxy) is 1. The van der Waals surface area contributed by atoms with E-state index in [9.17, 15) is 5.11 Å². The molecule has 2 aromatic heterocycles. The van der Waals surface area contributed by atoms with Gasteiger partial charge in [-0.2, -0.15) is 0 Å². The first-order valence-corrected chi connectivity index (χ1v) is 5.34. The number of aliphatic hydroxyl groups is 1. The third-order valence-electron chi connectivity index (χ3n) is 3.09. The van der Waals surface area contributed by atoms with Crippen molar-refractivity contribution < 1.29 is 9.84 Å². The van der Waals surface area contributed by atoms with Gasteiger partial charge in [-0.1, -0.05) is 0 Å². The molecule has 0 radical (unpaired) electrons. The second-order valence-electron chi connectivity index (χ2n) is 4.45. The fourth-order valence-electron chi connectivity index (χ4n) is 2.00. The molecule has 2 aromatic rings. The number of nitrogens with zero attached hydrogens (tertiary/aromatic N) is 4. The zero-order chi connectivity index (χ0) is 11.9. The number of fused-ring (bicyclic) bond motifs is 1. The van der Waals surface area contributed by atoms with Crippen LogP contribution in [0.5, 0.6) is 0 Å². The normalized spacial score (nSPS) is 18.2. The van der Waals surface area contributed by atoms with Crippen LogP contribution in [0.2, 0.25) is 0 Å². The Morgan fingerprint density at radius 3 is 2.88 bits per heavy atom. The third-order valence-corrected chi connectivity index (χ3v) is 3.09. The molecule has 1 fully saturated rings. The number of hydrogen-bond donors (Lipinski definition) is 2. The van der Waals surface area contributed by atoms with E-state index >= 15 is 0 Å². The Kier molecular flexibility index (Phi) is 2.23. The van der Waals surface area contributed by atoms with Crippen molar-refractivity contribution in [1.82, 2.24) is 19.5 Å². The summed E-state index contributed by atoms with van der Waals surface area (Å²) in [6.45, 7) is 1.83. The predicted octanol–water partition coefficient (Wildman–Crippen LogP) is -0.583. The summed E-state index contributed by atoms with van der Waals surface area (Å²) >= 11 is 0. The summed E-state index contributed by atoms with van der Waals surface area (Å²) in [7, 11) is 0. The molecule has 0 amide bonds. The van der Waals surface area contributed by atoms with Crippen LogP contribution in [-0.4, -0.2) is 44.4 Å². The van der Waals surface area contributed by atoms with Crippen LogP contribution in [-0.2, 0) is 11.3 Å². The number of hydrogen-bond acceptors (Lipinski definition) is 6. The van der Waals surface area contributed by atoms with E-state index in [2.05, 4.69) is 15.0 Å². The zero-order valence-corrected chi connectivity index (χ0v) is 9.20. The fourth-order valence-corrected chi connectivity index (χ4v) is 2.00. The molecular weight excluding hydrogens is 222 g/mol. The number of anilines is 1. The number of nitrogens with two attached hydrogens (primary N) is 1. The number of aromatic nitrogens is 4. The first-order valence-electron chi connectivity index (χ1n) is 5.34. The van der Waals surface area contributed by atoms with Gasteiger partial charge in [-0.15, -0.1) is 0 Å². The summed E-state index contributed by atoms with van der Waals surface area (Å²) in [4.78, 5) is 12.2. The lowest BCUT2D eigenvalue weighted by Gasteiger charge is -2.39. The summed E-state index contributed by atoms with van der Waals surface area (Å²) < 4.78 is 7.04. The van der Waals surface area contributed by atoms with Crippen LogP contribution in [0.3, 0.4) is 0 Å². The lowest BCUT2D eigenvalue weighted by atomic mass is 9.87. The number of nitrogen functional groups attached to an aromatic ring is 1. The highest BCUT2D eigenvalue weighted by molar-refractivity contribution is 5.81. The Hall–Kier alpha value is -1.73. The molecule has 0 saturated carbocycles. The molecule has 1 aliphatic rings. The van der Waals surface area contributed by atoms with Crippen molar-refractivity contribution in [2.24, 2.45) is 5.41 Å². The molecule has 1 saturated heterocycles. The van der Waals surface area contributed by atoms with Crippen molar-refractivity contribution in [3.63, 3.8) is 0 Å². The van der Waals surface area contributed by atoms with Crippen molar-refractivity contribution in [1.29, 1.82) is 0 Å². The highest BCUT2D eigenvalue weighted by Crippen LogP contribution is 2.30. The maximum atomic E-state index is 9.39. The Morgan fingerprint density at radius 1 is 1.41 bits per heavy atom. The first kappa shape index (κ1) is 10.4. The van der Waals surface area contributed by atoms with Gasteiger partial charge in [-0.3, -0.25) is 0 Å². The standard InChI is InChI=1S/C10H13N5O2/c11-8-7-9(13-5-12-8)15(6-14-7)1-10(2-16)3-17-4-10/h5-6,16H,1-4H2,(H2,11,12,13). The summed E-state index contributed by atoms with van der Waals surface area (Å²) in [5.74, 6) is 0.372. The van der Waals surface area contributed by atoms with Gasteiger partial charge in [0.1, 0.15) is 11.8 Å². The molecular formula is C10H13N5O2. The van der Waals surface area contributed by atoms with Crippen molar-refractivity contribution in [2.45, 2.75) is 6.54 Å². The Labute approximate surface area is 97.3 Å². The molecule has 3 rings (SSSR count). The maximum Gasteiger partial charge on any atom is 0.165 e. The molecule has 3 heterocycles. The van der Waals surface area contributed by atoms with Crippen LogP contribution >= 0.6 is 0 Å². The van der Waals surface area contributed by atoms with E-state index in [0.717, 1.165) is 0 Å². The maximum absolute atomic E-state index is 9.39. The second kappa shape index (κ2) is 3.64. The topological polar surface area (TPSA) is 99.1 Å². The van der Waals surface area contributed by atoms with Crippen molar-refractivity contribution in [2.75, 3.05) is 25.6 Å². The third kappa shape index (κ3) is 1.55. The monoisotopic (exact) mass is 235 g/mol. The molecule has 0 spiro atoms. The van der Waals surface area contributed by atoms with Crippen LogP contribution in [0.1, 0.15) is 0 Å². The van der Waals surface area contributed by atoms with Gasteiger partial charge in [-0.25, -0.2) is 15.0 Å². The summed E-state index contributed by atoms with van der Waals surface area (Å²) in [6.07, 6.45) is 3.09. The Balaban J connectivity index is 1.98. The molecule has 0 bridgehead atoms. The molecule has 7 heteroatoms. The smallest absolute Gasteiger partial charge is 0.165 e. The van der Waals surface area contributed by atoms with Crippen LogP contribution in [0, 0.1) is 5.41 Å². The van der Waals surface area contributed by atoms with E-state index in [0.29, 0.717) is 36.7 Å². The Bertz CT molecular complexity index is 543. The number of rotatable bonds is 3. The molecule has 0 aliphatic carbocycles. The van der Waals surface area contributed by atoms with E-state index in [-0.39, 0.29) is 12.0 Å². The Morgan fingerprint density at radius 2 is 2.24 bits per heavy atom. The van der Waals surface area contributed by atoms with Gasteiger partial charge >= 0.3 is 0 Å². The molecule has 0 atom stereocenters. The molecule has 7 nitrogen and oxygen atoms in total. The lowest BCUT2D eigenvalue weighted by Crippen LogP contribution is -2.48. The largest absolute Gasteiger partial charge is 0.396 e. The minimum absolute atomic E-state index is 0.0905. The average molecular weight is 235 g/mol.